The molecule has 1 heterocycles. The van der Waals surface area contributed by atoms with Crippen LogP contribution in [0.2, 0.25) is 0 Å². The average molecular weight is 334 g/mol. The molecule has 1 N–H and O–H groups in total. The van der Waals surface area contributed by atoms with Gasteiger partial charge in [0.15, 0.2) is 0 Å². The zero-order valence-corrected chi connectivity index (χ0v) is 14.2. The van der Waals surface area contributed by atoms with Crippen molar-refractivity contribution < 1.29 is 19.1 Å². The van der Waals surface area contributed by atoms with Gasteiger partial charge in [-0.2, -0.15) is 0 Å². The van der Waals surface area contributed by atoms with Gasteiger partial charge in [-0.3, -0.25) is 9.59 Å². The van der Waals surface area contributed by atoms with Crippen molar-refractivity contribution in [3.8, 4) is 0 Å². The van der Waals surface area contributed by atoms with Crippen LogP contribution < -0.4 is 5.32 Å². The lowest BCUT2D eigenvalue weighted by Gasteiger charge is -2.32. The highest BCUT2D eigenvalue weighted by Gasteiger charge is 2.22. The summed E-state index contributed by atoms with van der Waals surface area (Å²) in [4.78, 5) is 24.9. The fourth-order valence-electron chi connectivity index (χ4n) is 2.54. The fraction of sp³-hybridized carbons (Fsp3) is 0.556. The van der Waals surface area contributed by atoms with E-state index in [-0.39, 0.29) is 17.9 Å². The molecule has 1 aromatic carbocycles. The summed E-state index contributed by atoms with van der Waals surface area (Å²) in [7, 11) is 0. The molecular weight excluding hydrogens is 308 g/mol. The van der Waals surface area contributed by atoms with Crippen LogP contribution in [0.4, 0.5) is 0 Å². The summed E-state index contributed by atoms with van der Waals surface area (Å²) in [6.45, 7) is 4.80. The average Bonchev–Trinajstić information content (AvgIpc) is 2.61. The Labute approximate surface area is 143 Å². The molecule has 0 aromatic heterocycles. The van der Waals surface area contributed by atoms with E-state index < -0.39 is 0 Å². The maximum absolute atomic E-state index is 11.8. The highest BCUT2D eigenvalue weighted by Crippen LogP contribution is 2.05. The Morgan fingerprint density at radius 3 is 2.88 bits per heavy atom. The van der Waals surface area contributed by atoms with Crippen LogP contribution in [0.5, 0.6) is 0 Å². The van der Waals surface area contributed by atoms with E-state index in [2.05, 4.69) is 5.32 Å². The zero-order chi connectivity index (χ0) is 17.2. The van der Waals surface area contributed by atoms with Gasteiger partial charge in [0, 0.05) is 39.6 Å². The van der Waals surface area contributed by atoms with Crippen LogP contribution in [0, 0.1) is 0 Å². The Bertz CT molecular complexity index is 521. The van der Waals surface area contributed by atoms with Gasteiger partial charge in [0.2, 0.25) is 11.8 Å². The fourth-order valence-corrected chi connectivity index (χ4v) is 2.54. The number of ether oxygens (including phenoxy) is 2. The minimum Gasteiger partial charge on any atom is -0.377 e. The first-order valence-corrected chi connectivity index (χ1v) is 8.40. The topological polar surface area (TPSA) is 67.9 Å². The van der Waals surface area contributed by atoms with E-state index in [1.807, 2.05) is 30.3 Å². The Morgan fingerprint density at radius 2 is 2.12 bits per heavy atom. The monoisotopic (exact) mass is 334 g/mol. The summed E-state index contributed by atoms with van der Waals surface area (Å²) in [5.74, 6) is 0.0343. The Morgan fingerprint density at radius 1 is 1.33 bits per heavy atom. The van der Waals surface area contributed by atoms with Gasteiger partial charge in [-0.1, -0.05) is 30.3 Å². The van der Waals surface area contributed by atoms with Crippen molar-refractivity contribution in [3.05, 3.63) is 35.9 Å². The number of hydrogen-bond donors (Lipinski definition) is 1. The maximum Gasteiger partial charge on any atom is 0.220 e. The normalized spacial score (nSPS) is 17.5. The number of carbonyl (C=O) groups is 2. The minimum absolute atomic E-state index is 0.0122. The molecule has 6 heteroatoms. The van der Waals surface area contributed by atoms with Crippen LogP contribution >= 0.6 is 0 Å². The molecule has 1 unspecified atom stereocenters. The molecule has 1 aliphatic rings. The lowest BCUT2D eigenvalue weighted by atomic mass is 10.2. The lowest BCUT2D eigenvalue weighted by Crippen LogP contribution is -2.49. The number of rotatable bonds is 8. The number of nitrogens with zero attached hydrogens (tertiary/aromatic N) is 1. The van der Waals surface area contributed by atoms with Crippen molar-refractivity contribution in [1.29, 1.82) is 0 Å². The van der Waals surface area contributed by atoms with Gasteiger partial charge < -0.3 is 19.7 Å². The molecule has 1 fully saturated rings. The van der Waals surface area contributed by atoms with E-state index in [4.69, 9.17) is 9.47 Å². The van der Waals surface area contributed by atoms with Crippen LogP contribution in [0.25, 0.3) is 0 Å². The van der Waals surface area contributed by atoms with Crippen molar-refractivity contribution in [1.82, 2.24) is 10.2 Å². The largest absolute Gasteiger partial charge is 0.377 e. The molecule has 0 spiro atoms. The number of morpholine rings is 1. The number of amides is 2. The van der Waals surface area contributed by atoms with Crippen molar-refractivity contribution >= 4 is 11.8 Å². The number of nitrogens with one attached hydrogen (secondary N) is 1. The van der Waals surface area contributed by atoms with Crippen molar-refractivity contribution in [2.45, 2.75) is 32.5 Å². The Hall–Kier alpha value is -1.92. The molecule has 0 bridgehead atoms. The molecule has 24 heavy (non-hydrogen) atoms. The first kappa shape index (κ1) is 18.4. The lowest BCUT2D eigenvalue weighted by molar-refractivity contribution is -0.136. The third kappa shape index (κ3) is 6.68. The van der Waals surface area contributed by atoms with Gasteiger partial charge in [-0.05, 0) is 12.0 Å². The molecule has 1 aromatic rings. The molecule has 6 nitrogen and oxygen atoms in total. The van der Waals surface area contributed by atoms with Gasteiger partial charge in [-0.15, -0.1) is 0 Å². The predicted molar refractivity (Wildman–Crippen MR) is 90.3 cm³/mol. The predicted octanol–water partition coefficient (Wildman–Crippen LogP) is 1.35. The van der Waals surface area contributed by atoms with Gasteiger partial charge in [0.25, 0.3) is 0 Å². The van der Waals surface area contributed by atoms with Crippen LogP contribution in [-0.2, 0) is 25.7 Å². The first-order valence-electron chi connectivity index (χ1n) is 8.40. The molecular formula is C18H26N2O4. The quantitative estimate of drug-likeness (QED) is 0.729. The summed E-state index contributed by atoms with van der Waals surface area (Å²) in [5.41, 5.74) is 1.13. The summed E-state index contributed by atoms with van der Waals surface area (Å²) >= 11 is 0. The molecule has 2 amide bonds. The van der Waals surface area contributed by atoms with E-state index in [0.717, 1.165) is 5.56 Å². The van der Waals surface area contributed by atoms with Gasteiger partial charge in [0.1, 0.15) is 0 Å². The molecule has 132 valence electrons. The maximum atomic E-state index is 11.8. The molecule has 1 saturated heterocycles. The summed E-state index contributed by atoms with van der Waals surface area (Å²) in [6, 6.07) is 9.96. The molecule has 2 rings (SSSR count). The Balaban J connectivity index is 1.53. The Kier molecular flexibility index (Phi) is 7.71. The third-order valence-electron chi connectivity index (χ3n) is 3.92. The molecule has 1 aliphatic heterocycles. The minimum atomic E-state index is -0.124. The van der Waals surface area contributed by atoms with Gasteiger partial charge in [0.05, 0.1) is 19.3 Å². The number of hydrogen-bond acceptors (Lipinski definition) is 4. The van der Waals surface area contributed by atoms with E-state index >= 15 is 0 Å². The van der Waals surface area contributed by atoms with E-state index in [1.54, 1.807) is 11.8 Å². The van der Waals surface area contributed by atoms with Crippen molar-refractivity contribution in [2.24, 2.45) is 0 Å². The van der Waals surface area contributed by atoms with Crippen molar-refractivity contribution in [2.75, 3.05) is 32.8 Å². The molecule has 0 saturated carbocycles. The second-order valence-corrected chi connectivity index (χ2v) is 5.90. The van der Waals surface area contributed by atoms with Gasteiger partial charge in [-0.25, -0.2) is 0 Å². The van der Waals surface area contributed by atoms with Crippen LogP contribution in [-0.4, -0.2) is 55.7 Å². The van der Waals surface area contributed by atoms with Crippen LogP contribution in [0.3, 0.4) is 0 Å². The number of carbonyl (C=O) groups excluding carboxylic acids is 2. The van der Waals surface area contributed by atoms with E-state index in [0.29, 0.717) is 52.3 Å². The first-order chi connectivity index (χ1) is 11.6. The van der Waals surface area contributed by atoms with Crippen LogP contribution in [0.1, 0.15) is 25.3 Å². The summed E-state index contributed by atoms with van der Waals surface area (Å²) in [6.07, 6.45) is 0.989. The zero-order valence-electron chi connectivity index (χ0n) is 14.2. The molecule has 1 atom stereocenters. The van der Waals surface area contributed by atoms with E-state index in [9.17, 15) is 9.59 Å². The number of benzene rings is 1. The molecule has 0 aliphatic carbocycles. The highest BCUT2D eigenvalue weighted by atomic mass is 16.5. The smallest absolute Gasteiger partial charge is 0.220 e. The summed E-state index contributed by atoms with van der Waals surface area (Å²) < 4.78 is 11.1. The van der Waals surface area contributed by atoms with E-state index in [1.165, 1.54) is 0 Å². The third-order valence-corrected chi connectivity index (χ3v) is 3.92. The van der Waals surface area contributed by atoms with Gasteiger partial charge >= 0.3 is 0 Å². The molecule has 0 radical (unpaired) electrons. The second-order valence-electron chi connectivity index (χ2n) is 5.90. The highest BCUT2D eigenvalue weighted by molar-refractivity contribution is 5.76. The second kappa shape index (κ2) is 10.1. The standard InChI is InChI=1S/C18H26N2O4/c1-15(21)20-9-11-24-17(13-20)12-19-18(22)8-5-10-23-14-16-6-3-2-4-7-16/h2-4,6-7,17H,5,8-14H2,1H3,(H,19,22). The van der Waals surface area contributed by atoms with Crippen molar-refractivity contribution in [3.63, 3.8) is 0 Å². The summed E-state index contributed by atoms with van der Waals surface area (Å²) in [5, 5.41) is 2.86. The SMILES string of the molecule is CC(=O)N1CCOC(CNC(=O)CCCOCc2ccccc2)C1. The van der Waals surface area contributed by atoms with Crippen LogP contribution in [0.15, 0.2) is 30.3 Å².